The van der Waals surface area contributed by atoms with Crippen molar-refractivity contribution in [2.75, 3.05) is 0 Å². The van der Waals surface area contributed by atoms with Gasteiger partial charge in [-0.25, -0.2) is 0 Å². The molecule has 1 aliphatic carbocycles. The predicted molar refractivity (Wildman–Crippen MR) is 43.2 cm³/mol. The molecule has 0 saturated carbocycles. The molecule has 0 bridgehead atoms. The lowest BCUT2D eigenvalue weighted by atomic mass is 10.0. The monoisotopic (exact) mass is 184 g/mol. The van der Waals surface area contributed by atoms with Gasteiger partial charge in [0.05, 0.1) is 12.1 Å². The molecule has 1 N–H and O–H groups in total. The van der Waals surface area contributed by atoms with Gasteiger partial charge in [-0.1, -0.05) is 4.49 Å². The normalized spacial score (nSPS) is 20.8. The van der Waals surface area contributed by atoms with Crippen LogP contribution >= 0.6 is 11.5 Å². The molecule has 0 saturated heterocycles. The van der Waals surface area contributed by atoms with E-state index >= 15 is 0 Å². The summed E-state index contributed by atoms with van der Waals surface area (Å²) in [7, 11) is 0. The number of carboxylic acids is 1. The summed E-state index contributed by atoms with van der Waals surface area (Å²) in [5.74, 6) is -0.642. The maximum Gasteiger partial charge on any atom is 0.304 e. The molecule has 1 aliphatic rings. The van der Waals surface area contributed by atoms with Gasteiger partial charge >= 0.3 is 5.97 Å². The predicted octanol–water partition coefficient (Wildman–Crippen LogP) is 1.04. The van der Waals surface area contributed by atoms with Gasteiger partial charge < -0.3 is 5.11 Å². The van der Waals surface area contributed by atoms with Gasteiger partial charge in [-0.2, -0.15) is 0 Å². The Balaban J connectivity index is 2.17. The first-order valence-electron chi connectivity index (χ1n) is 3.80. The quantitative estimate of drug-likeness (QED) is 0.746. The van der Waals surface area contributed by atoms with Crippen LogP contribution in [0.5, 0.6) is 0 Å². The van der Waals surface area contributed by atoms with Crippen molar-refractivity contribution in [2.24, 2.45) is 0 Å². The van der Waals surface area contributed by atoms with Crippen LogP contribution in [0.4, 0.5) is 0 Å². The van der Waals surface area contributed by atoms with Crippen LogP contribution in [-0.2, 0) is 11.2 Å². The van der Waals surface area contributed by atoms with Crippen molar-refractivity contribution in [2.45, 2.75) is 25.2 Å². The topological polar surface area (TPSA) is 63.1 Å². The van der Waals surface area contributed by atoms with Gasteiger partial charge in [-0.15, -0.1) is 5.10 Å². The Bertz CT molecular complexity index is 310. The zero-order valence-corrected chi connectivity index (χ0v) is 7.17. The number of fused-ring (bicyclic) bond motifs is 1. The second-order valence-corrected chi connectivity index (χ2v) is 3.75. The van der Waals surface area contributed by atoms with Crippen molar-refractivity contribution in [3.8, 4) is 0 Å². The fourth-order valence-corrected chi connectivity index (χ4v) is 2.29. The highest BCUT2D eigenvalue weighted by atomic mass is 32.1. The minimum atomic E-state index is -0.749. The van der Waals surface area contributed by atoms with Crippen LogP contribution < -0.4 is 0 Å². The first-order valence-corrected chi connectivity index (χ1v) is 4.57. The average Bonchev–Trinajstić information content (AvgIpc) is 2.52. The van der Waals surface area contributed by atoms with E-state index in [0.717, 1.165) is 18.5 Å². The highest BCUT2D eigenvalue weighted by Crippen LogP contribution is 2.35. The van der Waals surface area contributed by atoms with Crippen LogP contribution in [0, 0.1) is 0 Å². The second kappa shape index (κ2) is 2.82. The molecule has 0 aliphatic heterocycles. The highest BCUT2D eigenvalue weighted by molar-refractivity contribution is 7.05. The van der Waals surface area contributed by atoms with Crippen LogP contribution in [-0.4, -0.2) is 20.7 Å². The summed E-state index contributed by atoms with van der Waals surface area (Å²) in [5, 5.41) is 12.5. The third kappa shape index (κ3) is 1.20. The number of hydrogen-bond donors (Lipinski definition) is 1. The van der Waals surface area contributed by atoms with Crippen LogP contribution in [0.3, 0.4) is 0 Å². The molecule has 5 heteroatoms. The summed E-state index contributed by atoms with van der Waals surface area (Å²) in [6.45, 7) is 0. The summed E-state index contributed by atoms with van der Waals surface area (Å²) in [5.41, 5.74) is 0.919. The summed E-state index contributed by atoms with van der Waals surface area (Å²) in [6, 6.07) is 0. The maximum atomic E-state index is 10.4. The van der Waals surface area contributed by atoms with E-state index in [9.17, 15) is 4.79 Å². The van der Waals surface area contributed by atoms with Gasteiger partial charge in [-0.3, -0.25) is 4.79 Å². The first kappa shape index (κ1) is 7.67. The third-order valence-electron chi connectivity index (χ3n) is 2.11. The molecule has 1 unspecified atom stereocenters. The van der Waals surface area contributed by atoms with Gasteiger partial charge in [0.1, 0.15) is 0 Å². The van der Waals surface area contributed by atoms with Gasteiger partial charge in [0.2, 0.25) is 0 Å². The van der Waals surface area contributed by atoms with Gasteiger partial charge in [0.25, 0.3) is 0 Å². The largest absolute Gasteiger partial charge is 0.481 e. The van der Waals surface area contributed by atoms with Crippen molar-refractivity contribution in [3.05, 3.63) is 10.6 Å². The summed E-state index contributed by atoms with van der Waals surface area (Å²) < 4.78 is 3.80. The molecule has 1 aromatic rings. The molecule has 2 rings (SSSR count). The fraction of sp³-hybridized carbons (Fsp3) is 0.571. The molecule has 4 nitrogen and oxygen atoms in total. The number of aromatic nitrogens is 2. The summed E-state index contributed by atoms with van der Waals surface area (Å²) >= 11 is 1.39. The van der Waals surface area contributed by atoms with E-state index in [4.69, 9.17) is 5.11 Å². The number of nitrogens with zero attached hydrogens (tertiary/aromatic N) is 2. The van der Waals surface area contributed by atoms with Crippen molar-refractivity contribution < 1.29 is 9.90 Å². The van der Waals surface area contributed by atoms with E-state index < -0.39 is 5.97 Å². The lowest BCUT2D eigenvalue weighted by molar-refractivity contribution is -0.137. The lowest BCUT2D eigenvalue weighted by Crippen LogP contribution is -2.03. The Hall–Kier alpha value is -0.970. The highest BCUT2D eigenvalue weighted by Gasteiger charge is 2.27. The molecular weight excluding hydrogens is 176 g/mol. The summed E-state index contributed by atoms with van der Waals surface area (Å²) in [6.07, 6.45) is 2.06. The Morgan fingerprint density at radius 1 is 1.75 bits per heavy atom. The zero-order valence-electron chi connectivity index (χ0n) is 6.36. The standard InChI is InChI=1S/C7H8N2O2S/c10-6(11)3-4-1-2-5-7(4)8-9-12-5/h4H,1-3H2,(H,10,11). The molecule has 1 heterocycles. The van der Waals surface area contributed by atoms with Crippen molar-refractivity contribution in [3.63, 3.8) is 0 Å². The molecule has 1 aromatic heterocycles. The number of carbonyl (C=O) groups is 1. The van der Waals surface area contributed by atoms with E-state index in [1.165, 1.54) is 16.4 Å². The first-order chi connectivity index (χ1) is 5.77. The summed E-state index contributed by atoms with van der Waals surface area (Å²) in [4.78, 5) is 11.6. The Morgan fingerprint density at radius 2 is 2.58 bits per heavy atom. The molecule has 0 amide bonds. The van der Waals surface area contributed by atoms with E-state index in [1.807, 2.05) is 0 Å². The van der Waals surface area contributed by atoms with Gasteiger partial charge in [-0.05, 0) is 24.4 Å². The Morgan fingerprint density at radius 3 is 3.33 bits per heavy atom. The minimum absolute atomic E-state index is 0.108. The molecular formula is C7H8N2O2S. The van der Waals surface area contributed by atoms with E-state index in [1.54, 1.807) is 0 Å². The van der Waals surface area contributed by atoms with Crippen LogP contribution in [0.15, 0.2) is 0 Å². The Labute approximate surface area is 73.4 Å². The minimum Gasteiger partial charge on any atom is -0.481 e. The molecule has 0 fully saturated rings. The van der Waals surface area contributed by atoms with Crippen molar-refractivity contribution in [1.82, 2.24) is 9.59 Å². The lowest BCUT2D eigenvalue weighted by Gasteiger charge is -2.02. The van der Waals surface area contributed by atoms with Crippen molar-refractivity contribution in [1.29, 1.82) is 0 Å². The molecule has 12 heavy (non-hydrogen) atoms. The smallest absolute Gasteiger partial charge is 0.304 e. The number of carboxylic acid groups (broad SMARTS) is 1. The third-order valence-corrected chi connectivity index (χ3v) is 2.91. The van der Waals surface area contributed by atoms with Crippen molar-refractivity contribution >= 4 is 17.5 Å². The fourth-order valence-electron chi connectivity index (χ4n) is 1.55. The molecule has 0 aromatic carbocycles. The second-order valence-electron chi connectivity index (χ2n) is 2.91. The average molecular weight is 184 g/mol. The number of aryl methyl sites for hydroxylation is 1. The molecule has 0 radical (unpaired) electrons. The number of aliphatic carboxylic acids is 1. The number of hydrogen-bond acceptors (Lipinski definition) is 4. The van der Waals surface area contributed by atoms with Gasteiger partial charge in [0.15, 0.2) is 0 Å². The SMILES string of the molecule is O=C(O)CC1CCc2snnc21. The van der Waals surface area contributed by atoms with Crippen LogP contribution in [0.2, 0.25) is 0 Å². The maximum absolute atomic E-state index is 10.4. The van der Waals surface area contributed by atoms with E-state index in [2.05, 4.69) is 9.59 Å². The van der Waals surface area contributed by atoms with Crippen LogP contribution in [0.1, 0.15) is 29.3 Å². The molecule has 64 valence electrons. The molecule has 1 atom stereocenters. The van der Waals surface area contributed by atoms with Crippen LogP contribution in [0.25, 0.3) is 0 Å². The van der Waals surface area contributed by atoms with Gasteiger partial charge in [0, 0.05) is 10.8 Å². The zero-order chi connectivity index (χ0) is 8.55. The Kier molecular flexibility index (Phi) is 1.80. The van der Waals surface area contributed by atoms with E-state index in [0.29, 0.717) is 0 Å². The number of rotatable bonds is 2. The molecule has 0 spiro atoms. The van der Waals surface area contributed by atoms with E-state index in [-0.39, 0.29) is 12.3 Å².